The Morgan fingerprint density at radius 2 is 2.04 bits per heavy atom. The van der Waals surface area contributed by atoms with Gasteiger partial charge in [-0.1, -0.05) is 0 Å². The molecule has 0 aliphatic carbocycles. The summed E-state index contributed by atoms with van der Waals surface area (Å²) in [6, 6.07) is 3.60. The van der Waals surface area contributed by atoms with Gasteiger partial charge < -0.3 is 14.0 Å². The molecule has 4 rings (SSSR count). The zero-order chi connectivity index (χ0) is 17.9. The van der Waals surface area contributed by atoms with Crippen molar-refractivity contribution in [3.8, 4) is 0 Å². The molecule has 8 nitrogen and oxygen atoms in total. The number of aromatic nitrogens is 6. The van der Waals surface area contributed by atoms with E-state index < -0.39 is 0 Å². The number of piperidine rings is 1. The zero-order valence-corrected chi connectivity index (χ0v) is 14.7. The maximum Gasteiger partial charge on any atom is 0.255 e. The van der Waals surface area contributed by atoms with Gasteiger partial charge in [0.2, 0.25) is 0 Å². The molecule has 26 heavy (non-hydrogen) atoms. The summed E-state index contributed by atoms with van der Waals surface area (Å²) in [5, 5.41) is 8.76. The molecule has 8 heteroatoms. The Morgan fingerprint density at radius 1 is 1.19 bits per heavy atom. The monoisotopic (exact) mass is 351 g/mol. The van der Waals surface area contributed by atoms with Crippen molar-refractivity contribution in [3.05, 3.63) is 60.5 Å². The molecule has 0 aromatic carbocycles. The van der Waals surface area contributed by atoms with E-state index in [0.29, 0.717) is 18.0 Å². The van der Waals surface area contributed by atoms with Gasteiger partial charge in [0.15, 0.2) is 5.82 Å². The number of hydrogen-bond donors (Lipinski definition) is 0. The Kier molecular flexibility index (Phi) is 4.47. The second-order valence-electron chi connectivity index (χ2n) is 6.58. The summed E-state index contributed by atoms with van der Waals surface area (Å²) in [7, 11) is 2.01. The number of nitrogens with zero attached hydrogens (tertiary/aromatic N) is 7. The summed E-state index contributed by atoms with van der Waals surface area (Å²) in [6.07, 6.45) is 10.5. The summed E-state index contributed by atoms with van der Waals surface area (Å²) in [5.41, 5.74) is 0.646. The van der Waals surface area contributed by atoms with Crippen LogP contribution < -0.4 is 0 Å². The maximum absolute atomic E-state index is 12.5. The normalized spacial score (nSPS) is 15.3. The van der Waals surface area contributed by atoms with Crippen LogP contribution in [-0.2, 0) is 13.6 Å². The smallest absolute Gasteiger partial charge is 0.255 e. The van der Waals surface area contributed by atoms with E-state index in [0.717, 1.165) is 37.6 Å². The van der Waals surface area contributed by atoms with Gasteiger partial charge in [-0.05, 0) is 25.0 Å². The molecule has 3 aromatic heterocycles. The summed E-state index contributed by atoms with van der Waals surface area (Å²) in [6.45, 7) is 2.10. The van der Waals surface area contributed by atoms with Gasteiger partial charge in [0.25, 0.3) is 5.91 Å². The fraction of sp³-hybridized carbons (Fsp3) is 0.389. The fourth-order valence-corrected chi connectivity index (χ4v) is 3.42. The molecule has 4 heterocycles. The molecule has 3 aromatic rings. The van der Waals surface area contributed by atoms with Gasteiger partial charge in [0.05, 0.1) is 18.4 Å². The largest absolute Gasteiger partial charge is 0.339 e. The highest BCUT2D eigenvalue weighted by molar-refractivity contribution is 5.93. The van der Waals surface area contributed by atoms with Crippen LogP contribution in [0.5, 0.6) is 0 Å². The average molecular weight is 351 g/mol. The lowest BCUT2D eigenvalue weighted by Gasteiger charge is -2.31. The topological polar surface area (TPSA) is 81.7 Å². The first-order valence-electron chi connectivity index (χ1n) is 8.75. The van der Waals surface area contributed by atoms with Crippen molar-refractivity contribution in [1.29, 1.82) is 0 Å². The van der Waals surface area contributed by atoms with Crippen molar-refractivity contribution in [2.75, 3.05) is 13.1 Å². The van der Waals surface area contributed by atoms with E-state index in [1.165, 1.54) is 0 Å². The Morgan fingerprint density at radius 3 is 2.73 bits per heavy atom. The molecule has 134 valence electrons. The van der Waals surface area contributed by atoms with E-state index in [1.807, 2.05) is 28.8 Å². The third kappa shape index (κ3) is 3.22. The highest BCUT2D eigenvalue weighted by atomic mass is 16.2. The number of carbonyl (C=O) groups is 1. The number of imidazole rings is 1. The van der Waals surface area contributed by atoms with Crippen LogP contribution in [0.1, 0.15) is 40.8 Å². The van der Waals surface area contributed by atoms with Crippen molar-refractivity contribution >= 4 is 5.91 Å². The summed E-state index contributed by atoms with van der Waals surface area (Å²) < 4.78 is 4.05. The van der Waals surface area contributed by atoms with E-state index in [1.54, 1.807) is 31.0 Å². The van der Waals surface area contributed by atoms with Gasteiger partial charge in [0, 0.05) is 50.8 Å². The molecule has 1 aliphatic rings. The Labute approximate surface area is 151 Å². The van der Waals surface area contributed by atoms with Gasteiger partial charge in [-0.3, -0.25) is 9.78 Å². The molecule has 0 radical (unpaired) electrons. The van der Waals surface area contributed by atoms with Gasteiger partial charge in [-0.25, -0.2) is 4.98 Å². The first kappa shape index (κ1) is 16.4. The fourth-order valence-electron chi connectivity index (χ4n) is 3.42. The Bertz CT molecular complexity index is 864. The first-order valence-corrected chi connectivity index (χ1v) is 8.75. The minimum atomic E-state index is 0.0512. The Balaban J connectivity index is 1.40. The van der Waals surface area contributed by atoms with Crippen LogP contribution >= 0.6 is 0 Å². The van der Waals surface area contributed by atoms with E-state index >= 15 is 0 Å². The predicted octanol–water partition coefficient (Wildman–Crippen LogP) is 1.47. The molecule has 1 fully saturated rings. The molecule has 0 saturated carbocycles. The SMILES string of the molecule is Cn1c(Cn2ccnc2)nnc1C1CCN(C(=O)c2cccnc2)CC1. The van der Waals surface area contributed by atoms with Crippen LogP contribution in [0.3, 0.4) is 0 Å². The average Bonchev–Trinajstić information content (AvgIpc) is 3.33. The summed E-state index contributed by atoms with van der Waals surface area (Å²) in [4.78, 5) is 22.5. The molecule has 0 atom stereocenters. The van der Waals surface area contributed by atoms with Crippen molar-refractivity contribution in [2.24, 2.45) is 7.05 Å². The van der Waals surface area contributed by atoms with Crippen LogP contribution in [0.2, 0.25) is 0 Å². The zero-order valence-electron chi connectivity index (χ0n) is 14.7. The van der Waals surface area contributed by atoms with Gasteiger partial charge in [-0.2, -0.15) is 0 Å². The molecule has 0 spiro atoms. The van der Waals surface area contributed by atoms with Crippen molar-refractivity contribution < 1.29 is 4.79 Å². The van der Waals surface area contributed by atoms with Gasteiger partial charge in [-0.15, -0.1) is 10.2 Å². The quantitative estimate of drug-likeness (QED) is 0.711. The van der Waals surface area contributed by atoms with Crippen molar-refractivity contribution in [1.82, 2.24) is 34.2 Å². The van der Waals surface area contributed by atoms with Crippen LogP contribution in [-0.4, -0.2) is 53.2 Å². The highest BCUT2D eigenvalue weighted by Crippen LogP contribution is 2.27. The number of hydrogen-bond acceptors (Lipinski definition) is 5. The van der Waals surface area contributed by atoms with E-state index in [9.17, 15) is 4.79 Å². The number of rotatable bonds is 4. The highest BCUT2D eigenvalue weighted by Gasteiger charge is 2.27. The summed E-state index contributed by atoms with van der Waals surface area (Å²) in [5.74, 6) is 2.28. The lowest BCUT2D eigenvalue weighted by Crippen LogP contribution is -2.38. The minimum Gasteiger partial charge on any atom is -0.339 e. The molecular formula is C18H21N7O. The van der Waals surface area contributed by atoms with Crippen molar-refractivity contribution in [3.63, 3.8) is 0 Å². The van der Waals surface area contributed by atoms with Crippen molar-refractivity contribution in [2.45, 2.75) is 25.3 Å². The van der Waals surface area contributed by atoms with Crippen LogP contribution in [0.4, 0.5) is 0 Å². The van der Waals surface area contributed by atoms with Gasteiger partial charge >= 0.3 is 0 Å². The summed E-state index contributed by atoms with van der Waals surface area (Å²) >= 11 is 0. The molecule has 0 N–H and O–H groups in total. The molecule has 0 unspecified atom stereocenters. The number of likely N-dealkylation sites (tertiary alicyclic amines) is 1. The number of pyridine rings is 1. The minimum absolute atomic E-state index is 0.0512. The predicted molar refractivity (Wildman–Crippen MR) is 94.4 cm³/mol. The second kappa shape index (κ2) is 7.07. The number of amides is 1. The van der Waals surface area contributed by atoms with Crippen LogP contribution in [0.15, 0.2) is 43.2 Å². The molecular weight excluding hydrogens is 330 g/mol. The van der Waals surface area contributed by atoms with E-state index in [4.69, 9.17) is 0 Å². The van der Waals surface area contributed by atoms with E-state index in [2.05, 4.69) is 24.7 Å². The second-order valence-corrected chi connectivity index (χ2v) is 6.58. The van der Waals surface area contributed by atoms with Gasteiger partial charge in [0.1, 0.15) is 5.82 Å². The first-order chi connectivity index (χ1) is 12.7. The molecule has 1 saturated heterocycles. The third-order valence-corrected chi connectivity index (χ3v) is 4.94. The Hall–Kier alpha value is -3.03. The lowest BCUT2D eigenvalue weighted by molar-refractivity contribution is 0.0710. The maximum atomic E-state index is 12.5. The van der Waals surface area contributed by atoms with Crippen LogP contribution in [0, 0.1) is 0 Å². The number of carbonyl (C=O) groups excluding carboxylic acids is 1. The lowest BCUT2D eigenvalue weighted by atomic mass is 9.95. The molecule has 1 aliphatic heterocycles. The molecule has 1 amide bonds. The molecule has 0 bridgehead atoms. The standard InChI is InChI=1S/C18H21N7O/c1-23-16(12-24-10-7-20-13-24)21-22-17(23)14-4-8-25(9-5-14)18(26)15-3-2-6-19-11-15/h2-3,6-7,10-11,13-14H,4-5,8-9,12H2,1H3. The van der Waals surface area contributed by atoms with E-state index in [-0.39, 0.29) is 5.91 Å². The third-order valence-electron chi connectivity index (χ3n) is 4.94. The van der Waals surface area contributed by atoms with Crippen LogP contribution in [0.25, 0.3) is 0 Å².